The van der Waals surface area contributed by atoms with E-state index in [1.54, 1.807) is 12.1 Å². The number of nitrogens with two attached hydrogens (primary N) is 2. The Bertz CT molecular complexity index is 1480. The van der Waals surface area contributed by atoms with E-state index in [4.69, 9.17) is 11.5 Å². The maximum absolute atomic E-state index is 13.0. The number of piperazine rings is 1. The lowest BCUT2D eigenvalue weighted by atomic mass is 10.0. The Morgan fingerprint density at radius 1 is 1.02 bits per heavy atom. The molecule has 2 aromatic rings. The highest BCUT2D eigenvalue weighted by Crippen LogP contribution is 2.21. The summed E-state index contributed by atoms with van der Waals surface area (Å²) in [5, 5.41) is 2.41. The van der Waals surface area contributed by atoms with Crippen LogP contribution in [0.1, 0.15) is 32.3 Å². The molecule has 0 bridgehead atoms. The standard InChI is InChI=1S/C28H35F3N8O6/c1-27(2,33)23(41)39-14-13-37(16-20(39)22(40)45-24(42)28(29,30)31)25(43)34-21-9-12-38(26(44)35-21)19-5-3-17(4-6-19)15-36-10-7-18(32)8-11-36/h3-6,9,12,18,20H,7-8,10-11,13-16,32-33H2,1-2H3,(H,34,35,43,44)/t20-/m0/s1. The van der Waals surface area contributed by atoms with Crippen LogP contribution in [0.5, 0.6) is 0 Å². The van der Waals surface area contributed by atoms with E-state index >= 15 is 0 Å². The quantitative estimate of drug-likeness (QED) is 0.299. The first kappa shape index (κ1) is 33.5. The van der Waals surface area contributed by atoms with Gasteiger partial charge in [-0.3, -0.25) is 19.6 Å². The van der Waals surface area contributed by atoms with Gasteiger partial charge in [-0.15, -0.1) is 0 Å². The van der Waals surface area contributed by atoms with Gasteiger partial charge >= 0.3 is 29.8 Å². The van der Waals surface area contributed by atoms with Crippen LogP contribution in [-0.4, -0.2) is 105 Å². The van der Waals surface area contributed by atoms with Gasteiger partial charge < -0.3 is 26.0 Å². The molecule has 244 valence electrons. The number of alkyl halides is 3. The molecule has 0 spiro atoms. The fourth-order valence-corrected chi connectivity index (χ4v) is 4.99. The molecule has 45 heavy (non-hydrogen) atoms. The highest BCUT2D eigenvalue weighted by atomic mass is 19.4. The monoisotopic (exact) mass is 636 g/mol. The van der Waals surface area contributed by atoms with Gasteiger partial charge in [0.25, 0.3) is 0 Å². The van der Waals surface area contributed by atoms with E-state index in [1.165, 1.54) is 30.7 Å². The number of carbonyl (C=O) groups excluding carboxylic acids is 4. The molecule has 1 aromatic heterocycles. The summed E-state index contributed by atoms with van der Waals surface area (Å²) in [5.74, 6) is -5.38. The SMILES string of the molecule is CC(C)(N)C(=O)N1CCN(C(=O)Nc2ccn(-c3ccc(CN4CCC(N)CC4)cc3)c(=O)n2)C[C@H]1C(=O)OC(=O)C(F)(F)F. The van der Waals surface area contributed by atoms with Crippen molar-refractivity contribution >= 4 is 29.7 Å². The van der Waals surface area contributed by atoms with Crippen LogP contribution in [0.15, 0.2) is 41.3 Å². The molecule has 3 amide bonds. The van der Waals surface area contributed by atoms with Gasteiger partial charge in [0.2, 0.25) is 5.91 Å². The Morgan fingerprint density at radius 2 is 1.67 bits per heavy atom. The molecule has 4 rings (SSSR count). The van der Waals surface area contributed by atoms with Crippen LogP contribution >= 0.6 is 0 Å². The van der Waals surface area contributed by atoms with Crippen molar-refractivity contribution in [2.45, 2.75) is 57.0 Å². The third-order valence-electron chi connectivity index (χ3n) is 7.47. The zero-order valence-corrected chi connectivity index (χ0v) is 24.7. The van der Waals surface area contributed by atoms with Gasteiger partial charge in [0.1, 0.15) is 11.9 Å². The highest BCUT2D eigenvalue weighted by molar-refractivity contribution is 5.96. The normalized spacial score (nSPS) is 18.4. The molecular formula is C28H35F3N8O6. The Kier molecular flexibility index (Phi) is 9.94. The number of carbonyl (C=O) groups is 4. The Labute approximate surface area is 256 Å². The summed E-state index contributed by atoms with van der Waals surface area (Å²) >= 11 is 0. The van der Waals surface area contributed by atoms with Crippen molar-refractivity contribution in [3.8, 4) is 5.69 Å². The molecule has 0 aliphatic carbocycles. The molecule has 0 radical (unpaired) electrons. The largest absolute Gasteiger partial charge is 0.491 e. The van der Waals surface area contributed by atoms with Crippen LogP contribution in [0.4, 0.5) is 23.8 Å². The number of amides is 3. The van der Waals surface area contributed by atoms with E-state index in [2.05, 4.69) is 19.9 Å². The van der Waals surface area contributed by atoms with Crippen LogP contribution in [0, 0.1) is 0 Å². The zero-order chi connectivity index (χ0) is 33.1. The number of hydrogen-bond acceptors (Lipinski definition) is 10. The fourth-order valence-electron chi connectivity index (χ4n) is 4.99. The molecule has 2 fully saturated rings. The number of ether oxygens (including phenoxy) is 1. The number of benzene rings is 1. The number of hydrogen-bond donors (Lipinski definition) is 3. The van der Waals surface area contributed by atoms with Crippen molar-refractivity contribution in [2.24, 2.45) is 11.5 Å². The Balaban J connectivity index is 1.42. The molecule has 3 heterocycles. The maximum Gasteiger partial charge on any atom is 0.491 e. The summed E-state index contributed by atoms with van der Waals surface area (Å²) in [6.45, 7) is 4.17. The first-order valence-corrected chi connectivity index (χ1v) is 14.2. The van der Waals surface area contributed by atoms with E-state index in [9.17, 15) is 37.1 Å². The minimum absolute atomic E-state index is 0.130. The van der Waals surface area contributed by atoms with E-state index in [-0.39, 0.29) is 24.9 Å². The van der Waals surface area contributed by atoms with Crippen molar-refractivity contribution in [3.05, 3.63) is 52.6 Å². The Hall–Kier alpha value is -4.35. The van der Waals surface area contributed by atoms with E-state index in [0.717, 1.165) is 47.8 Å². The molecule has 17 heteroatoms. The van der Waals surface area contributed by atoms with Crippen LogP contribution in [-0.2, 0) is 25.7 Å². The topological polar surface area (TPSA) is 186 Å². The van der Waals surface area contributed by atoms with Crippen molar-refractivity contribution in [3.63, 3.8) is 0 Å². The minimum atomic E-state index is -5.46. The number of likely N-dealkylation sites (tertiary alicyclic amines) is 1. The minimum Gasteiger partial charge on any atom is -0.385 e. The highest BCUT2D eigenvalue weighted by Gasteiger charge is 2.47. The number of rotatable bonds is 6. The van der Waals surface area contributed by atoms with E-state index in [0.29, 0.717) is 5.69 Å². The third kappa shape index (κ3) is 8.43. The second kappa shape index (κ2) is 13.3. The molecule has 2 aliphatic rings. The first-order chi connectivity index (χ1) is 21.0. The van der Waals surface area contributed by atoms with Gasteiger partial charge in [0.15, 0.2) is 0 Å². The number of piperidine rings is 1. The van der Waals surface area contributed by atoms with E-state index < -0.39 is 53.9 Å². The van der Waals surface area contributed by atoms with Gasteiger partial charge in [-0.1, -0.05) is 12.1 Å². The summed E-state index contributed by atoms with van der Waals surface area (Å²) in [5.41, 5.74) is 11.2. The second-order valence-electron chi connectivity index (χ2n) is 11.6. The molecule has 14 nitrogen and oxygen atoms in total. The van der Waals surface area contributed by atoms with Gasteiger partial charge in [-0.2, -0.15) is 18.2 Å². The number of halogens is 3. The van der Waals surface area contributed by atoms with Crippen molar-refractivity contribution in [1.29, 1.82) is 0 Å². The van der Waals surface area contributed by atoms with Crippen LogP contribution in [0.2, 0.25) is 0 Å². The van der Waals surface area contributed by atoms with E-state index in [1.807, 2.05) is 12.1 Å². The number of nitrogens with one attached hydrogen (secondary N) is 1. The smallest absolute Gasteiger partial charge is 0.385 e. The van der Waals surface area contributed by atoms with Gasteiger partial charge in [-0.05, 0) is 63.5 Å². The number of urea groups is 1. The van der Waals surface area contributed by atoms with Crippen molar-refractivity contribution in [1.82, 2.24) is 24.3 Å². The van der Waals surface area contributed by atoms with Crippen LogP contribution in [0.3, 0.4) is 0 Å². The lowest BCUT2D eigenvalue weighted by Gasteiger charge is -2.41. The van der Waals surface area contributed by atoms with Gasteiger partial charge in [-0.25, -0.2) is 19.2 Å². The predicted molar refractivity (Wildman–Crippen MR) is 154 cm³/mol. The molecule has 0 saturated carbocycles. The molecule has 0 unspecified atom stereocenters. The van der Waals surface area contributed by atoms with Crippen molar-refractivity contribution in [2.75, 3.05) is 38.0 Å². The van der Waals surface area contributed by atoms with Gasteiger partial charge in [0, 0.05) is 31.9 Å². The zero-order valence-electron chi connectivity index (χ0n) is 24.7. The molecule has 5 N–H and O–H groups in total. The summed E-state index contributed by atoms with van der Waals surface area (Å²) in [6, 6.07) is 6.35. The average Bonchev–Trinajstić information content (AvgIpc) is 2.97. The number of aromatic nitrogens is 2. The lowest BCUT2D eigenvalue weighted by Crippen LogP contribution is -2.65. The molecule has 2 saturated heterocycles. The fraction of sp³-hybridized carbons (Fsp3) is 0.500. The van der Waals surface area contributed by atoms with Crippen LogP contribution < -0.4 is 22.5 Å². The molecule has 2 aliphatic heterocycles. The summed E-state index contributed by atoms with van der Waals surface area (Å²) in [6.07, 6.45) is -2.16. The Morgan fingerprint density at radius 3 is 2.24 bits per heavy atom. The second-order valence-corrected chi connectivity index (χ2v) is 11.6. The predicted octanol–water partition coefficient (Wildman–Crippen LogP) is 0.570. The summed E-state index contributed by atoms with van der Waals surface area (Å²) in [4.78, 5) is 70.5. The molecule has 1 aromatic carbocycles. The van der Waals surface area contributed by atoms with Crippen molar-refractivity contribution < 1.29 is 37.1 Å². The number of nitrogens with zero attached hydrogens (tertiary/aromatic N) is 5. The molecule has 1 atom stereocenters. The maximum atomic E-state index is 13.0. The molecular weight excluding hydrogens is 601 g/mol. The lowest BCUT2D eigenvalue weighted by molar-refractivity contribution is -0.204. The van der Waals surface area contributed by atoms with Crippen LogP contribution in [0.25, 0.3) is 5.69 Å². The first-order valence-electron chi connectivity index (χ1n) is 14.2. The average molecular weight is 637 g/mol. The third-order valence-corrected chi connectivity index (χ3v) is 7.47. The summed E-state index contributed by atoms with van der Waals surface area (Å²) < 4.78 is 43.4. The number of esters is 2. The number of anilines is 1. The summed E-state index contributed by atoms with van der Waals surface area (Å²) in [7, 11) is 0. The van der Waals surface area contributed by atoms with Gasteiger partial charge in [0.05, 0.1) is 17.8 Å².